The molecule has 0 radical (unpaired) electrons. The summed E-state index contributed by atoms with van der Waals surface area (Å²) in [5.41, 5.74) is 5.73. The molecule has 2 aromatic carbocycles. The van der Waals surface area contributed by atoms with E-state index in [1.54, 1.807) is 0 Å². The van der Waals surface area contributed by atoms with Gasteiger partial charge >= 0.3 is 0 Å². The summed E-state index contributed by atoms with van der Waals surface area (Å²) in [6.07, 6.45) is 2.33. The van der Waals surface area contributed by atoms with Crippen molar-refractivity contribution in [1.82, 2.24) is 0 Å². The first-order chi connectivity index (χ1) is 8.77. The highest BCUT2D eigenvalue weighted by Crippen LogP contribution is 2.41. The molecule has 2 aromatic rings. The zero-order valence-corrected chi connectivity index (χ0v) is 10.9. The number of hydrogen-bond donors (Lipinski definition) is 0. The molecule has 0 N–H and O–H groups in total. The van der Waals surface area contributed by atoms with Crippen molar-refractivity contribution in [2.75, 3.05) is 0 Å². The minimum absolute atomic E-state index is 0.493. The molecular weight excluding hydrogens is 216 g/mol. The van der Waals surface area contributed by atoms with Gasteiger partial charge in [0.25, 0.3) is 0 Å². The van der Waals surface area contributed by atoms with Crippen LogP contribution in [0.2, 0.25) is 0 Å². The van der Waals surface area contributed by atoms with Crippen molar-refractivity contribution in [1.29, 1.82) is 0 Å². The van der Waals surface area contributed by atoms with Crippen LogP contribution in [0.4, 0.5) is 0 Å². The molecule has 0 nitrogen and oxygen atoms in total. The third-order valence-electron chi connectivity index (χ3n) is 4.09. The van der Waals surface area contributed by atoms with Gasteiger partial charge in [-0.15, -0.1) is 0 Å². The maximum atomic E-state index is 2.33. The SMILES string of the molecule is CC1=Cc2ccccc2C(c2ccccc2)C1C. The Morgan fingerprint density at radius 1 is 0.833 bits per heavy atom. The van der Waals surface area contributed by atoms with Gasteiger partial charge in [-0.1, -0.05) is 73.2 Å². The van der Waals surface area contributed by atoms with Crippen LogP contribution in [0.15, 0.2) is 60.2 Å². The lowest BCUT2D eigenvalue weighted by atomic mass is 9.73. The largest absolute Gasteiger partial charge is 0.0689 e. The number of rotatable bonds is 1. The molecule has 18 heavy (non-hydrogen) atoms. The van der Waals surface area contributed by atoms with Gasteiger partial charge in [0.05, 0.1) is 0 Å². The number of fused-ring (bicyclic) bond motifs is 1. The van der Waals surface area contributed by atoms with Crippen molar-refractivity contribution >= 4 is 6.08 Å². The highest BCUT2D eigenvalue weighted by atomic mass is 14.3. The number of hydrogen-bond acceptors (Lipinski definition) is 0. The normalized spacial score (nSPS) is 22.2. The first-order valence-electron chi connectivity index (χ1n) is 6.59. The molecule has 1 aliphatic carbocycles. The van der Waals surface area contributed by atoms with E-state index in [0.717, 1.165) is 0 Å². The summed E-state index contributed by atoms with van der Waals surface area (Å²) in [7, 11) is 0. The fourth-order valence-electron chi connectivity index (χ4n) is 2.96. The summed E-state index contributed by atoms with van der Waals surface area (Å²) < 4.78 is 0. The van der Waals surface area contributed by atoms with Gasteiger partial charge in [-0.25, -0.2) is 0 Å². The van der Waals surface area contributed by atoms with E-state index in [0.29, 0.717) is 11.8 Å². The van der Waals surface area contributed by atoms with E-state index < -0.39 is 0 Å². The van der Waals surface area contributed by atoms with Gasteiger partial charge in [0.2, 0.25) is 0 Å². The summed E-state index contributed by atoms with van der Waals surface area (Å²) in [5.74, 6) is 1.06. The van der Waals surface area contributed by atoms with Gasteiger partial charge in [0.15, 0.2) is 0 Å². The zero-order chi connectivity index (χ0) is 12.5. The Morgan fingerprint density at radius 3 is 2.28 bits per heavy atom. The second-order valence-electron chi connectivity index (χ2n) is 5.19. The molecule has 0 saturated heterocycles. The Kier molecular flexibility index (Phi) is 2.79. The topological polar surface area (TPSA) is 0 Å². The van der Waals surface area contributed by atoms with Gasteiger partial charge in [-0.05, 0) is 29.5 Å². The molecule has 0 fully saturated rings. The van der Waals surface area contributed by atoms with Crippen LogP contribution in [0.5, 0.6) is 0 Å². The molecule has 0 amide bonds. The van der Waals surface area contributed by atoms with Gasteiger partial charge in [-0.2, -0.15) is 0 Å². The van der Waals surface area contributed by atoms with Crippen LogP contribution in [0.25, 0.3) is 6.08 Å². The highest BCUT2D eigenvalue weighted by Gasteiger charge is 2.27. The lowest BCUT2D eigenvalue weighted by Crippen LogP contribution is -2.17. The molecule has 0 heteroatoms. The molecule has 0 aliphatic heterocycles. The molecule has 0 bridgehead atoms. The predicted octanol–water partition coefficient (Wildman–Crippen LogP) is 4.87. The minimum Gasteiger partial charge on any atom is -0.0689 e. The Bertz CT molecular complexity index is 578. The Labute approximate surface area is 109 Å². The molecular formula is C18H18. The van der Waals surface area contributed by atoms with Crippen LogP contribution in [0.3, 0.4) is 0 Å². The second kappa shape index (κ2) is 4.45. The fraction of sp³-hybridized carbons (Fsp3) is 0.222. The van der Waals surface area contributed by atoms with E-state index in [1.165, 1.54) is 22.3 Å². The zero-order valence-electron chi connectivity index (χ0n) is 10.9. The van der Waals surface area contributed by atoms with Crippen LogP contribution in [0, 0.1) is 5.92 Å². The van der Waals surface area contributed by atoms with Crippen molar-refractivity contribution in [3.63, 3.8) is 0 Å². The summed E-state index contributed by atoms with van der Waals surface area (Å²) in [6, 6.07) is 19.6. The van der Waals surface area contributed by atoms with Crippen molar-refractivity contribution < 1.29 is 0 Å². The number of benzene rings is 2. The highest BCUT2D eigenvalue weighted by molar-refractivity contribution is 5.63. The van der Waals surface area contributed by atoms with Crippen LogP contribution in [0.1, 0.15) is 36.5 Å². The second-order valence-corrected chi connectivity index (χ2v) is 5.19. The van der Waals surface area contributed by atoms with Crippen LogP contribution < -0.4 is 0 Å². The lowest BCUT2D eigenvalue weighted by molar-refractivity contribution is 0.585. The van der Waals surface area contributed by atoms with E-state index in [2.05, 4.69) is 74.5 Å². The first-order valence-corrected chi connectivity index (χ1v) is 6.59. The Morgan fingerprint density at radius 2 is 1.50 bits per heavy atom. The standard InChI is InChI=1S/C18H18/c1-13-12-16-10-6-7-11-17(16)18(14(13)2)15-8-4-3-5-9-15/h3-12,14,18H,1-2H3. The average Bonchev–Trinajstić information content (AvgIpc) is 2.41. The Hall–Kier alpha value is -1.82. The molecule has 0 aromatic heterocycles. The van der Waals surface area contributed by atoms with Gasteiger partial charge in [0, 0.05) is 5.92 Å². The molecule has 0 spiro atoms. The van der Waals surface area contributed by atoms with Gasteiger partial charge < -0.3 is 0 Å². The van der Waals surface area contributed by atoms with Gasteiger partial charge in [0.1, 0.15) is 0 Å². The summed E-state index contributed by atoms with van der Waals surface area (Å²) in [6.45, 7) is 4.58. The summed E-state index contributed by atoms with van der Waals surface area (Å²) >= 11 is 0. The molecule has 1 aliphatic rings. The van der Waals surface area contributed by atoms with Gasteiger partial charge in [-0.3, -0.25) is 0 Å². The van der Waals surface area contributed by atoms with E-state index in [9.17, 15) is 0 Å². The summed E-state index contributed by atoms with van der Waals surface area (Å²) in [5, 5.41) is 0. The molecule has 90 valence electrons. The molecule has 3 rings (SSSR count). The van der Waals surface area contributed by atoms with Crippen molar-refractivity contribution in [3.05, 3.63) is 76.9 Å². The maximum Gasteiger partial charge on any atom is 0.0158 e. The lowest BCUT2D eigenvalue weighted by Gasteiger charge is -2.31. The minimum atomic E-state index is 0.493. The monoisotopic (exact) mass is 234 g/mol. The van der Waals surface area contributed by atoms with E-state index in [4.69, 9.17) is 0 Å². The third-order valence-corrected chi connectivity index (χ3v) is 4.09. The number of allylic oxidation sites excluding steroid dienone is 1. The maximum absolute atomic E-state index is 2.33. The summed E-state index contributed by atoms with van der Waals surface area (Å²) in [4.78, 5) is 0. The van der Waals surface area contributed by atoms with E-state index in [-0.39, 0.29) is 0 Å². The molecule has 0 saturated carbocycles. The molecule has 2 atom stereocenters. The van der Waals surface area contributed by atoms with Crippen LogP contribution >= 0.6 is 0 Å². The van der Waals surface area contributed by atoms with E-state index >= 15 is 0 Å². The quantitative estimate of drug-likeness (QED) is 0.660. The van der Waals surface area contributed by atoms with Crippen molar-refractivity contribution in [3.8, 4) is 0 Å². The average molecular weight is 234 g/mol. The van der Waals surface area contributed by atoms with Crippen molar-refractivity contribution in [2.45, 2.75) is 19.8 Å². The van der Waals surface area contributed by atoms with Crippen LogP contribution in [-0.4, -0.2) is 0 Å². The first kappa shape index (κ1) is 11.3. The fourth-order valence-corrected chi connectivity index (χ4v) is 2.96. The smallest absolute Gasteiger partial charge is 0.0158 e. The van der Waals surface area contributed by atoms with E-state index in [1.807, 2.05) is 0 Å². The third kappa shape index (κ3) is 1.78. The molecule has 0 heterocycles. The van der Waals surface area contributed by atoms with Crippen molar-refractivity contribution in [2.24, 2.45) is 5.92 Å². The predicted molar refractivity (Wildman–Crippen MR) is 77.5 cm³/mol. The van der Waals surface area contributed by atoms with Crippen LogP contribution in [-0.2, 0) is 0 Å². The Balaban J connectivity index is 2.17. The molecule has 2 unspecified atom stereocenters.